The van der Waals surface area contributed by atoms with Crippen LogP contribution in [0.5, 0.6) is 0 Å². The Hall–Kier alpha value is -1.76. The summed E-state index contributed by atoms with van der Waals surface area (Å²) >= 11 is 12.2. The summed E-state index contributed by atoms with van der Waals surface area (Å²) in [7, 11) is -3.97. The number of hydrogen-bond donors (Lipinski definition) is 1. The van der Waals surface area contributed by atoms with E-state index in [-0.39, 0.29) is 34.1 Å². The van der Waals surface area contributed by atoms with Gasteiger partial charge < -0.3 is 5.32 Å². The number of amides is 1. The Kier molecular flexibility index (Phi) is 5.22. The first-order valence-corrected chi connectivity index (χ1v) is 9.90. The number of sulfonamides is 1. The van der Waals surface area contributed by atoms with Crippen molar-refractivity contribution in [2.75, 3.05) is 10.8 Å². The first-order valence-electron chi connectivity index (χ1n) is 7.70. The topological polar surface area (TPSA) is 66.5 Å². The van der Waals surface area contributed by atoms with Gasteiger partial charge in [-0.3, -0.25) is 9.10 Å². The van der Waals surface area contributed by atoms with Crippen LogP contribution in [0.15, 0.2) is 53.4 Å². The smallest absolute Gasteiger partial charge is 0.264 e. The van der Waals surface area contributed by atoms with Gasteiger partial charge in [-0.25, -0.2) is 8.42 Å². The van der Waals surface area contributed by atoms with E-state index in [1.165, 1.54) is 24.3 Å². The summed E-state index contributed by atoms with van der Waals surface area (Å²) in [4.78, 5) is 12.3. The van der Waals surface area contributed by atoms with E-state index in [1.807, 2.05) is 0 Å². The van der Waals surface area contributed by atoms with E-state index in [0.717, 1.165) is 17.1 Å². The van der Waals surface area contributed by atoms with E-state index in [4.69, 9.17) is 23.2 Å². The van der Waals surface area contributed by atoms with Crippen LogP contribution in [0, 0.1) is 0 Å². The van der Waals surface area contributed by atoms with Gasteiger partial charge >= 0.3 is 0 Å². The Morgan fingerprint density at radius 1 is 1.12 bits per heavy atom. The van der Waals surface area contributed by atoms with E-state index in [9.17, 15) is 13.2 Å². The minimum Gasteiger partial charge on any atom is -0.352 e. The van der Waals surface area contributed by atoms with Crippen molar-refractivity contribution in [2.24, 2.45) is 0 Å². The molecule has 25 heavy (non-hydrogen) atoms. The van der Waals surface area contributed by atoms with Crippen molar-refractivity contribution in [3.05, 3.63) is 58.6 Å². The van der Waals surface area contributed by atoms with Crippen molar-refractivity contribution < 1.29 is 13.2 Å². The highest BCUT2D eigenvalue weighted by Crippen LogP contribution is 2.33. The summed E-state index contributed by atoms with van der Waals surface area (Å²) < 4.78 is 27.1. The molecule has 0 heterocycles. The monoisotopic (exact) mass is 398 g/mol. The van der Waals surface area contributed by atoms with E-state index in [1.54, 1.807) is 24.3 Å². The zero-order valence-corrected chi connectivity index (χ0v) is 15.5. The molecule has 1 aliphatic rings. The third-order valence-electron chi connectivity index (χ3n) is 3.74. The second kappa shape index (κ2) is 7.23. The number of benzene rings is 2. The predicted molar refractivity (Wildman–Crippen MR) is 98.6 cm³/mol. The lowest BCUT2D eigenvalue weighted by Gasteiger charge is -2.25. The number of carbonyl (C=O) groups excluding carboxylic acids is 1. The van der Waals surface area contributed by atoms with E-state index >= 15 is 0 Å². The summed E-state index contributed by atoms with van der Waals surface area (Å²) in [6.45, 7) is -0.367. The summed E-state index contributed by atoms with van der Waals surface area (Å²) in [5.74, 6) is -0.377. The number of nitrogens with zero attached hydrogens (tertiary/aromatic N) is 1. The fourth-order valence-electron chi connectivity index (χ4n) is 2.33. The van der Waals surface area contributed by atoms with Gasteiger partial charge in [0.15, 0.2) is 0 Å². The van der Waals surface area contributed by atoms with Crippen LogP contribution >= 0.6 is 23.2 Å². The lowest BCUT2D eigenvalue weighted by molar-refractivity contribution is -0.119. The maximum Gasteiger partial charge on any atom is 0.264 e. The molecule has 2 aromatic rings. The van der Waals surface area contributed by atoms with Crippen LogP contribution in [-0.4, -0.2) is 26.9 Å². The van der Waals surface area contributed by atoms with Crippen molar-refractivity contribution >= 4 is 44.8 Å². The average Bonchev–Trinajstić information content (AvgIpc) is 3.39. The van der Waals surface area contributed by atoms with Gasteiger partial charge in [0, 0.05) is 11.1 Å². The molecule has 0 spiro atoms. The van der Waals surface area contributed by atoms with Gasteiger partial charge in [0.25, 0.3) is 10.0 Å². The number of carbonyl (C=O) groups is 1. The first kappa shape index (κ1) is 18.0. The second-order valence-electron chi connectivity index (χ2n) is 5.76. The molecule has 1 aliphatic carbocycles. The molecule has 2 aromatic carbocycles. The Labute approximate surface area is 156 Å². The van der Waals surface area contributed by atoms with E-state index < -0.39 is 10.0 Å². The average molecular weight is 399 g/mol. The fraction of sp³-hybridized carbons (Fsp3) is 0.235. The number of hydrogen-bond acceptors (Lipinski definition) is 3. The van der Waals surface area contributed by atoms with Gasteiger partial charge in [0.05, 0.1) is 15.6 Å². The molecule has 8 heteroatoms. The highest BCUT2D eigenvalue weighted by atomic mass is 35.5. The molecular weight excluding hydrogens is 383 g/mol. The number of rotatable bonds is 6. The highest BCUT2D eigenvalue weighted by Gasteiger charge is 2.31. The maximum absolute atomic E-state index is 13.1. The Balaban J connectivity index is 2.01. The SMILES string of the molecule is O=C(CN(c1cc(Cl)ccc1Cl)S(=O)(=O)c1ccccc1)NC1CC1. The lowest BCUT2D eigenvalue weighted by Crippen LogP contribution is -2.41. The molecule has 0 saturated heterocycles. The summed E-state index contributed by atoms with van der Waals surface area (Å²) in [6.07, 6.45) is 1.82. The molecule has 0 unspecified atom stereocenters. The standard InChI is InChI=1S/C17H16Cl2N2O3S/c18-12-6-9-15(19)16(10-12)21(11-17(22)20-13-7-8-13)25(23,24)14-4-2-1-3-5-14/h1-6,9-10,13H,7-8,11H2,(H,20,22). The molecular formula is C17H16Cl2N2O3S. The van der Waals surface area contributed by atoms with Crippen molar-refractivity contribution in [3.8, 4) is 0 Å². The minimum absolute atomic E-state index is 0.0743. The molecule has 1 fully saturated rings. The Morgan fingerprint density at radius 3 is 2.44 bits per heavy atom. The molecule has 132 valence electrons. The van der Waals surface area contributed by atoms with Crippen LogP contribution in [0.4, 0.5) is 5.69 Å². The Morgan fingerprint density at radius 2 is 1.80 bits per heavy atom. The normalized spacial score (nSPS) is 14.2. The van der Waals surface area contributed by atoms with E-state index in [0.29, 0.717) is 5.02 Å². The number of halogens is 2. The van der Waals surface area contributed by atoms with Crippen molar-refractivity contribution in [2.45, 2.75) is 23.8 Å². The summed E-state index contributed by atoms with van der Waals surface area (Å²) in [6, 6.07) is 12.5. The van der Waals surface area contributed by atoms with Gasteiger partial charge in [-0.1, -0.05) is 41.4 Å². The van der Waals surface area contributed by atoms with Gasteiger partial charge in [0.1, 0.15) is 6.54 Å². The molecule has 1 amide bonds. The van der Waals surface area contributed by atoms with Crippen molar-refractivity contribution in [1.82, 2.24) is 5.32 Å². The highest BCUT2D eigenvalue weighted by molar-refractivity contribution is 7.92. The van der Waals surface area contributed by atoms with Crippen LogP contribution in [-0.2, 0) is 14.8 Å². The quantitative estimate of drug-likeness (QED) is 0.809. The second-order valence-corrected chi connectivity index (χ2v) is 8.47. The van der Waals surface area contributed by atoms with E-state index in [2.05, 4.69) is 5.32 Å². The summed E-state index contributed by atoms with van der Waals surface area (Å²) in [5.41, 5.74) is 0.170. The van der Waals surface area contributed by atoms with Crippen LogP contribution in [0.1, 0.15) is 12.8 Å². The minimum atomic E-state index is -3.97. The number of anilines is 1. The third kappa shape index (κ3) is 4.26. The van der Waals surface area contributed by atoms with Crippen LogP contribution in [0.2, 0.25) is 10.0 Å². The molecule has 0 radical (unpaired) electrons. The van der Waals surface area contributed by atoms with Crippen molar-refractivity contribution in [1.29, 1.82) is 0 Å². The molecule has 0 atom stereocenters. The van der Waals surface area contributed by atoms with Crippen molar-refractivity contribution in [3.63, 3.8) is 0 Å². The molecule has 0 bridgehead atoms. The maximum atomic E-state index is 13.1. The lowest BCUT2D eigenvalue weighted by atomic mass is 10.3. The van der Waals surface area contributed by atoms with Gasteiger partial charge in [-0.2, -0.15) is 0 Å². The molecule has 1 saturated carbocycles. The van der Waals surface area contributed by atoms with Gasteiger partial charge in [0.2, 0.25) is 5.91 Å². The van der Waals surface area contributed by atoms with Crippen LogP contribution < -0.4 is 9.62 Å². The zero-order valence-electron chi connectivity index (χ0n) is 13.2. The molecule has 3 rings (SSSR count). The number of nitrogens with one attached hydrogen (secondary N) is 1. The molecule has 0 aliphatic heterocycles. The Bertz CT molecular complexity index is 884. The summed E-state index contributed by atoms with van der Waals surface area (Å²) in [5, 5.41) is 3.32. The van der Waals surface area contributed by atoms with Gasteiger partial charge in [-0.05, 0) is 43.2 Å². The molecule has 5 nitrogen and oxygen atoms in total. The fourth-order valence-corrected chi connectivity index (χ4v) is 4.22. The largest absolute Gasteiger partial charge is 0.352 e. The third-order valence-corrected chi connectivity index (χ3v) is 6.07. The zero-order chi connectivity index (χ0) is 18.0. The van der Waals surface area contributed by atoms with Gasteiger partial charge in [-0.15, -0.1) is 0 Å². The predicted octanol–water partition coefficient (Wildman–Crippen LogP) is 3.47. The first-order chi connectivity index (χ1) is 11.9. The molecule has 0 aromatic heterocycles. The molecule has 1 N–H and O–H groups in total. The van der Waals surface area contributed by atoms with Crippen LogP contribution in [0.25, 0.3) is 0 Å². The van der Waals surface area contributed by atoms with Crippen LogP contribution in [0.3, 0.4) is 0 Å².